The minimum absolute atomic E-state index is 0.142. The van der Waals surface area contributed by atoms with Gasteiger partial charge in [-0.3, -0.25) is 0 Å². The first kappa shape index (κ1) is 10.4. The zero-order valence-corrected chi connectivity index (χ0v) is 8.78. The fraction of sp³-hybridized carbons (Fsp3) is 0.364. The summed E-state index contributed by atoms with van der Waals surface area (Å²) in [7, 11) is 0. The molecule has 2 unspecified atom stereocenters. The number of nitriles is 1. The van der Waals surface area contributed by atoms with E-state index in [0.717, 1.165) is 5.56 Å². The molecule has 0 amide bonds. The van der Waals surface area contributed by atoms with Crippen LogP contribution in [0.25, 0.3) is 0 Å². The molecule has 4 heteroatoms. The summed E-state index contributed by atoms with van der Waals surface area (Å²) in [6, 6.07) is 9.45. The molecule has 0 bridgehead atoms. The van der Waals surface area contributed by atoms with Gasteiger partial charge in [-0.25, -0.2) is 0 Å². The second-order valence-corrected chi connectivity index (χ2v) is 3.71. The second-order valence-electron chi connectivity index (χ2n) is 3.31. The van der Waals surface area contributed by atoms with Gasteiger partial charge in [0.05, 0.1) is 25.2 Å². The van der Waals surface area contributed by atoms with Crippen LogP contribution in [-0.4, -0.2) is 12.7 Å². The normalized spacial score (nSPS) is 25.1. The van der Waals surface area contributed by atoms with Crippen molar-refractivity contribution in [1.82, 2.24) is 0 Å². The van der Waals surface area contributed by atoms with Crippen molar-refractivity contribution in [2.75, 3.05) is 6.61 Å². The number of halogens is 1. The maximum atomic E-state index is 8.53. The Bertz CT molecular complexity index is 388. The van der Waals surface area contributed by atoms with Crippen LogP contribution in [0.2, 0.25) is 5.02 Å². The average molecular weight is 224 g/mol. The number of ether oxygens (including phenoxy) is 2. The Hall–Kier alpha value is -1.08. The largest absolute Gasteiger partial charge is 0.346 e. The molecule has 0 spiro atoms. The number of benzene rings is 1. The molecule has 1 aliphatic rings. The molecule has 1 aromatic carbocycles. The molecule has 1 saturated heterocycles. The van der Waals surface area contributed by atoms with Gasteiger partial charge in [0.2, 0.25) is 0 Å². The molecule has 3 nitrogen and oxygen atoms in total. The van der Waals surface area contributed by atoms with E-state index in [-0.39, 0.29) is 6.10 Å². The summed E-state index contributed by atoms with van der Waals surface area (Å²) in [6.45, 7) is 0.448. The second kappa shape index (κ2) is 4.63. The molecule has 0 aromatic heterocycles. The van der Waals surface area contributed by atoms with Gasteiger partial charge in [0, 0.05) is 10.6 Å². The van der Waals surface area contributed by atoms with Crippen LogP contribution < -0.4 is 0 Å². The minimum atomic E-state index is -0.433. The Morgan fingerprint density at radius 2 is 2.27 bits per heavy atom. The highest BCUT2D eigenvalue weighted by Crippen LogP contribution is 2.32. The van der Waals surface area contributed by atoms with Crippen molar-refractivity contribution in [1.29, 1.82) is 5.26 Å². The predicted molar refractivity (Wildman–Crippen MR) is 55.2 cm³/mol. The predicted octanol–water partition coefficient (Wildman–Crippen LogP) is 2.67. The zero-order chi connectivity index (χ0) is 10.7. The first-order chi connectivity index (χ1) is 7.31. The van der Waals surface area contributed by atoms with Crippen LogP contribution in [0.3, 0.4) is 0 Å². The highest BCUT2D eigenvalue weighted by molar-refractivity contribution is 6.31. The lowest BCUT2D eigenvalue weighted by atomic mass is 10.2. The monoisotopic (exact) mass is 223 g/mol. The first-order valence-electron chi connectivity index (χ1n) is 4.69. The zero-order valence-electron chi connectivity index (χ0n) is 8.02. The van der Waals surface area contributed by atoms with Crippen molar-refractivity contribution in [3.05, 3.63) is 34.9 Å². The quantitative estimate of drug-likeness (QED) is 0.774. The smallest absolute Gasteiger partial charge is 0.185 e. The molecule has 0 aliphatic carbocycles. The van der Waals surface area contributed by atoms with Crippen LogP contribution in [0.4, 0.5) is 0 Å². The molecule has 78 valence electrons. The van der Waals surface area contributed by atoms with E-state index < -0.39 is 6.29 Å². The van der Waals surface area contributed by atoms with E-state index in [1.807, 2.05) is 18.2 Å². The third-order valence-electron chi connectivity index (χ3n) is 2.23. The van der Waals surface area contributed by atoms with Gasteiger partial charge in [-0.05, 0) is 6.07 Å². The molecule has 1 aliphatic heterocycles. The van der Waals surface area contributed by atoms with Crippen molar-refractivity contribution >= 4 is 11.6 Å². The van der Waals surface area contributed by atoms with Gasteiger partial charge in [-0.15, -0.1) is 0 Å². The van der Waals surface area contributed by atoms with Gasteiger partial charge in [0.1, 0.15) is 0 Å². The molecule has 1 aromatic rings. The Labute approximate surface area is 93.2 Å². The molecule has 0 N–H and O–H groups in total. The average Bonchev–Trinajstić information content (AvgIpc) is 2.68. The van der Waals surface area contributed by atoms with E-state index in [1.165, 1.54) is 0 Å². The van der Waals surface area contributed by atoms with Gasteiger partial charge >= 0.3 is 0 Å². The van der Waals surface area contributed by atoms with E-state index in [1.54, 1.807) is 6.07 Å². The summed E-state index contributed by atoms with van der Waals surface area (Å²) >= 11 is 6.00. The maximum absolute atomic E-state index is 8.53. The molecular formula is C11H10ClNO2. The van der Waals surface area contributed by atoms with Gasteiger partial charge in [0.25, 0.3) is 0 Å². The highest BCUT2D eigenvalue weighted by Gasteiger charge is 2.28. The third kappa shape index (κ3) is 2.29. The Kier molecular flexibility index (Phi) is 3.22. The highest BCUT2D eigenvalue weighted by atomic mass is 35.5. The van der Waals surface area contributed by atoms with E-state index in [9.17, 15) is 0 Å². The summed E-state index contributed by atoms with van der Waals surface area (Å²) in [5.74, 6) is 0. The molecule has 2 atom stereocenters. The summed E-state index contributed by atoms with van der Waals surface area (Å²) in [5, 5.41) is 9.15. The summed E-state index contributed by atoms with van der Waals surface area (Å²) < 4.78 is 11.0. The molecule has 1 heterocycles. The first-order valence-corrected chi connectivity index (χ1v) is 5.07. The van der Waals surface area contributed by atoms with Crippen LogP contribution in [0.1, 0.15) is 18.3 Å². The summed E-state index contributed by atoms with van der Waals surface area (Å²) in [5.41, 5.74) is 0.819. The van der Waals surface area contributed by atoms with Crippen molar-refractivity contribution in [2.45, 2.75) is 18.8 Å². The molecule has 0 radical (unpaired) electrons. The molecule has 2 rings (SSSR count). The lowest BCUT2D eigenvalue weighted by Crippen LogP contribution is -2.08. The van der Waals surface area contributed by atoms with Gasteiger partial charge < -0.3 is 9.47 Å². The van der Waals surface area contributed by atoms with Crippen LogP contribution in [0, 0.1) is 11.3 Å². The van der Waals surface area contributed by atoms with Crippen molar-refractivity contribution in [3.8, 4) is 6.07 Å². The molecule has 0 saturated carbocycles. The summed E-state index contributed by atoms with van der Waals surface area (Å²) in [4.78, 5) is 0. The molecule has 1 fully saturated rings. The van der Waals surface area contributed by atoms with Crippen molar-refractivity contribution in [3.63, 3.8) is 0 Å². The standard InChI is InChI=1S/C11H10ClNO2/c12-10-4-2-1-3-9(10)11-14-7-8(15-11)5-6-13/h1-4,8,11H,5,7H2. The minimum Gasteiger partial charge on any atom is -0.346 e. The van der Waals surface area contributed by atoms with E-state index >= 15 is 0 Å². The third-order valence-corrected chi connectivity index (χ3v) is 2.57. The number of hydrogen-bond acceptors (Lipinski definition) is 3. The van der Waals surface area contributed by atoms with Crippen LogP contribution in [0.5, 0.6) is 0 Å². The van der Waals surface area contributed by atoms with Crippen LogP contribution in [0.15, 0.2) is 24.3 Å². The summed E-state index contributed by atoms with van der Waals surface area (Å²) in [6.07, 6.45) is -0.227. The lowest BCUT2D eigenvalue weighted by Gasteiger charge is -2.11. The fourth-order valence-electron chi connectivity index (χ4n) is 1.49. The Balaban J connectivity index is 2.08. The number of nitrogens with zero attached hydrogens (tertiary/aromatic N) is 1. The van der Waals surface area contributed by atoms with Crippen LogP contribution in [-0.2, 0) is 9.47 Å². The van der Waals surface area contributed by atoms with Gasteiger partial charge in [-0.1, -0.05) is 29.8 Å². The van der Waals surface area contributed by atoms with Gasteiger partial charge in [-0.2, -0.15) is 5.26 Å². The Morgan fingerprint density at radius 3 is 3.00 bits per heavy atom. The van der Waals surface area contributed by atoms with E-state index in [0.29, 0.717) is 18.1 Å². The topological polar surface area (TPSA) is 42.2 Å². The fourth-order valence-corrected chi connectivity index (χ4v) is 1.71. The van der Waals surface area contributed by atoms with Crippen molar-refractivity contribution in [2.24, 2.45) is 0 Å². The number of rotatable bonds is 2. The van der Waals surface area contributed by atoms with E-state index in [2.05, 4.69) is 6.07 Å². The maximum Gasteiger partial charge on any atom is 0.185 e. The van der Waals surface area contributed by atoms with Crippen LogP contribution >= 0.6 is 11.6 Å². The lowest BCUT2D eigenvalue weighted by molar-refractivity contribution is -0.0591. The molecule has 15 heavy (non-hydrogen) atoms. The van der Waals surface area contributed by atoms with Gasteiger partial charge in [0.15, 0.2) is 6.29 Å². The number of hydrogen-bond donors (Lipinski definition) is 0. The molecular weight excluding hydrogens is 214 g/mol. The Morgan fingerprint density at radius 1 is 1.47 bits per heavy atom. The van der Waals surface area contributed by atoms with E-state index in [4.69, 9.17) is 26.3 Å². The van der Waals surface area contributed by atoms with Crippen molar-refractivity contribution < 1.29 is 9.47 Å². The SMILES string of the molecule is N#CCC1COC(c2ccccc2Cl)O1.